The van der Waals surface area contributed by atoms with Gasteiger partial charge in [-0.2, -0.15) is 5.26 Å². The lowest BCUT2D eigenvalue weighted by atomic mass is 10.0. The van der Waals surface area contributed by atoms with Gasteiger partial charge in [0.1, 0.15) is 16.6 Å². The van der Waals surface area contributed by atoms with Gasteiger partial charge >= 0.3 is 0 Å². The summed E-state index contributed by atoms with van der Waals surface area (Å²) < 4.78 is 0. The van der Waals surface area contributed by atoms with Crippen LogP contribution in [0.5, 0.6) is 0 Å². The average molecular weight is 331 g/mol. The van der Waals surface area contributed by atoms with Crippen LogP contribution in [0.25, 0.3) is 16.8 Å². The maximum absolute atomic E-state index is 9.44. The summed E-state index contributed by atoms with van der Waals surface area (Å²) in [6, 6.07) is 18.3. The molecule has 0 aliphatic carbocycles. The van der Waals surface area contributed by atoms with E-state index in [1.165, 1.54) is 22.5 Å². The zero-order valence-corrected chi connectivity index (χ0v) is 14.4. The number of aryl methyl sites for hydroxylation is 2. The van der Waals surface area contributed by atoms with E-state index >= 15 is 0 Å². The standard InChI is InChI=1S/C20H17N3S/c1-14-8-9-18(15(2)10-14)19-13-24-20(23-19)16(11-21)12-22-17-6-4-3-5-7-17/h3-10,12-13,22H,1-2H3. The average Bonchev–Trinajstić information content (AvgIpc) is 3.06. The molecule has 3 rings (SSSR count). The number of benzene rings is 2. The number of nitrogens with zero attached hydrogens (tertiary/aromatic N) is 2. The Hall–Kier alpha value is -2.90. The van der Waals surface area contributed by atoms with E-state index in [9.17, 15) is 5.26 Å². The van der Waals surface area contributed by atoms with Gasteiger partial charge in [0.25, 0.3) is 0 Å². The van der Waals surface area contributed by atoms with Crippen molar-refractivity contribution in [1.82, 2.24) is 4.98 Å². The Morgan fingerprint density at radius 3 is 2.67 bits per heavy atom. The Morgan fingerprint density at radius 2 is 1.96 bits per heavy atom. The van der Waals surface area contributed by atoms with Crippen LogP contribution in [0.4, 0.5) is 5.69 Å². The molecular formula is C20H17N3S. The summed E-state index contributed by atoms with van der Waals surface area (Å²) in [6.07, 6.45) is 1.71. The Morgan fingerprint density at radius 1 is 1.17 bits per heavy atom. The van der Waals surface area contributed by atoms with Crippen LogP contribution in [0, 0.1) is 25.2 Å². The summed E-state index contributed by atoms with van der Waals surface area (Å²) >= 11 is 1.48. The molecule has 3 nitrogen and oxygen atoms in total. The smallest absolute Gasteiger partial charge is 0.136 e. The Labute approximate surface area is 145 Å². The number of aromatic nitrogens is 1. The van der Waals surface area contributed by atoms with Crippen LogP contribution < -0.4 is 5.32 Å². The van der Waals surface area contributed by atoms with Crippen molar-refractivity contribution in [1.29, 1.82) is 5.26 Å². The largest absolute Gasteiger partial charge is 0.360 e. The van der Waals surface area contributed by atoms with Gasteiger partial charge in [0, 0.05) is 22.8 Å². The quantitative estimate of drug-likeness (QED) is 0.651. The molecular weight excluding hydrogens is 314 g/mol. The van der Waals surface area contributed by atoms with Crippen molar-refractivity contribution < 1.29 is 0 Å². The topological polar surface area (TPSA) is 48.7 Å². The van der Waals surface area contributed by atoms with Gasteiger partial charge in [-0.15, -0.1) is 11.3 Å². The number of allylic oxidation sites excluding steroid dienone is 1. The lowest BCUT2D eigenvalue weighted by Crippen LogP contribution is -1.91. The minimum absolute atomic E-state index is 0.528. The van der Waals surface area contributed by atoms with Gasteiger partial charge in [0.15, 0.2) is 0 Å². The highest BCUT2D eigenvalue weighted by Crippen LogP contribution is 2.28. The van der Waals surface area contributed by atoms with Gasteiger partial charge in [0.05, 0.1) is 5.69 Å². The lowest BCUT2D eigenvalue weighted by Gasteiger charge is -2.03. The van der Waals surface area contributed by atoms with Crippen LogP contribution in [-0.4, -0.2) is 4.98 Å². The molecule has 0 unspecified atom stereocenters. The van der Waals surface area contributed by atoms with E-state index < -0.39 is 0 Å². The highest BCUT2D eigenvalue weighted by Gasteiger charge is 2.10. The fraction of sp³-hybridized carbons (Fsp3) is 0.100. The van der Waals surface area contributed by atoms with Gasteiger partial charge in [0.2, 0.25) is 0 Å². The van der Waals surface area contributed by atoms with Crippen LogP contribution in [0.2, 0.25) is 0 Å². The minimum Gasteiger partial charge on any atom is -0.360 e. The predicted octanol–water partition coefficient (Wildman–Crippen LogP) is 5.40. The van der Waals surface area contributed by atoms with Crippen LogP contribution >= 0.6 is 11.3 Å². The number of nitrogens with one attached hydrogen (secondary N) is 1. The zero-order valence-electron chi connectivity index (χ0n) is 13.6. The first kappa shape index (κ1) is 16.0. The Bertz CT molecular complexity index is 918. The minimum atomic E-state index is 0.528. The Kier molecular flexibility index (Phi) is 4.74. The zero-order chi connectivity index (χ0) is 16.9. The normalized spacial score (nSPS) is 11.1. The van der Waals surface area contributed by atoms with Crippen LogP contribution in [0.3, 0.4) is 0 Å². The highest BCUT2D eigenvalue weighted by atomic mass is 32.1. The molecule has 3 aromatic rings. The molecule has 0 amide bonds. The van der Waals surface area contributed by atoms with Gasteiger partial charge in [-0.1, -0.05) is 42.0 Å². The van der Waals surface area contributed by atoms with Crippen molar-refractivity contribution in [2.24, 2.45) is 0 Å². The van der Waals surface area contributed by atoms with Gasteiger partial charge in [-0.25, -0.2) is 4.98 Å². The summed E-state index contributed by atoms with van der Waals surface area (Å²) in [5, 5.41) is 15.3. The molecule has 0 saturated heterocycles. The monoisotopic (exact) mass is 331 g/mol. The molecule has 24 heavy (non-hydrogen) atoms. The van der Waals surface area contributed by atoms with Crippen molar-refractivity contribution >= 4 is 22.6 Å². The predicted molar refractivity (Wildman–Crippen MR) is 101 cm³/mol. The summed E-state index contributed by atoms with van der Waals surface area (Å²) in [5.41, 5.74) is 5.91. The highest BCUT2D eigenvalue weighted by molar-refractivity contribution is 7.11. The van der Waals surface area contributed by atoms with Crippen LogP contribution in [0.15, 0.2) is 60.1 Å². The maximum Gasteiger partial charge on any atom is 0.136 e. The van der Waals surface area contributed by atoms with Crippen LogP contribution in [-0.2, 0) is 0 Å². The molecule has 118 valence electrons. The SMILES string of the molecule is Cc1ccc(-c2csc(C(C#N)=CNc3ccccc3)n2)c(C)c1. The number of nitriles is 1. The number of hydrogen-bond acceptors (Lipinski definition) is 4. The summed E-state index contributed by atoms with van der Waals surface area (Å²) in [7, 11) is 0. The molecule has 0 spiro atoms. The third-order valence-electron chi connectivity index (χ3n) is 3.67. The summed E-state index contributed by atoms with van der Waals surface area (Å²) in [6.45, 7) is 4.16. The van der Waals surface area contributed by atoms with E-state index in [1.807, 2.05) is 35.7 Å². The molecule has 0 saturated carbocycles. The number of thiazole rings is 1. The summed E-state index contributed by atoms with van der Waals surface area (Å²) in [5.74, 6) is 0. The first-order chi connectivity index (χ1) is 11.7. The first-order valence-electron chi connectivity index (χ1n) is 7.63. The molecule has 4 heteroatoms. The number of rotatable bonds is 4. The van der Waals surface area contributed by atoms with E-state index in [-0.39, 0.29) is 0 Å². The van der Waals surface area contributed by atoms with Gasteiger partial charge < -0.3 is 5.32 Å². The van der Waals surface area contributed by atoms with E-state index in [4.69, 9.17) is 0 Å². The third-order valence-corrected chi connectivity index (χ3v) is 4.55. The fourth-order valence-electron chi connectivity index (χ4n) is 2.45. The molecule has 0 fully saturated rings. The molecule has 2 aromatic carbocycles. The van der Waals surface area contributed by atoms with E-state index in [0.717, 1.165) is 22.0 Å². The van der Waals surface area contributed by atoms with Crippen molar-refractivity contribution in [3.05, 3.63) is 76.2 Å². The molecule has 1 heterocycles. The maximum atomic E-state index is 9.44. The van der Waals surface area contributed by atoms with Gasteiger partial charge in [-0.05, 0) is 31.5 Å². The second-order valence-corrected chi connectivity index (χ2v) is 6.39. The molecule has 0 aliphatic rings. The van der Waals surface area contributed by atoms with Crippen molar-refractivity contribution in [2.45, 2.75) is 13.8 Å². The van der Waals surface area contributed by atoms with E-state index in [0.29, 0.717) is 5.57 Å². The van der Waals surface area contributed by atoms with Crippen molar-refractivity contribution in [3.63, 3.8) is 0 Å². The third kappa shape index (κ3) is 3.53. The fourth-order valence-corrected chi connectivity index (χ4v) is 3.24. The summed E-state index contributed by atoms with van der Waals surface area (Å²) in [4.78, 5) is 4.64. The Balaban J connectivity index is 1.87. The van der Waals surface area contributed by atoms with Gasteiger partial charge in [-0.3, -0.25) is 0 Å². The molecule has 0 aliphatic heterocycles. The number of para-hydroxylation sites is 1. The van der Waals surface area contributed by atoms with Crippen molar-refractivity contribution in [3.8, 4) is 17.3 Å². The van der Waals surface area contributed by atoms with Crippen molar-refractivity contribution in [2.75, 3.05) is 5.32 Å². The molecule has 1 N–H and O–H groups in total. The molecule has 0 atom stereocenters. The second-order valence-electron chi connectivity index (χ2n) is 5.54. The van der Waals surface area contributed by atoms with E-state index in [1.54, 1.807) is 6.20 Å². The van der Waals surface area contributed by atoms with E-state index in [2.05, 4.69) is 48.4 Å². The lowest BCUT2D eigenvalue weighted by molar-refractivity contribution is 1.32. The second kappa shape index (κ2) is 7.12. The molecule has 1 aromatic heterocycles. The first-order valence-corrected chi connectivity index (χ1v) is 8.51. The molecule has 0 radical (unpaired) electrons. The number of anilines is 1. The molecule has 0 bridgehead atoms. The van der Waals surface area contributed by atoms with Crippen LogP contribution in [0.1, 0.15) is 16.1 Å². The number of hydrogen-bond donors (Lipinski definition) is 1.